The van der Waals surface area contributed by atoms with Crippen LogP contribution >= 0.6 is 34.0 Å². The molecule has 3 heteroatoms. The van der Waals surface area contributed by atoms with E-state index in [0.29, 0.717) is 0 Å². The molecule has 3 aromatic heterocycles. The lowest BCUT2D eigenvalue weighted by molar-refractivity contribution is 0.922. The van der Waals surface area contributed by atoms with Crippen molar-refractivity contribution >= 4 is 34.0 Å². The second kappa shape index (κ2) is 7.06. The van der Waals surface area contributed by atoms with Gasteiger partial charge in [-0.1, -0.05) is 43.7 Å². The summed E-state index contributed by atoms with van der Waals surface area (Å²) in [4.78, 5) is 6.78. The number of thiophene rings is 3. The molecule has 4 aromatic rings. The van der Waals surface area contributed by atoms with Crippen molar-refractivity contribution in [1.29, 1.82) is 0 Å². The summed E-state index contributed by atoms with van der Waals surface area (Å²) in [6, 6.07) is 22.3. The van der Waals surface area contributed by atoms with Crippen LogP contribution < -0.4 is 0 Å². The highest BCUT2D eigenvalue weighted by molar-refractivity contribution is 7.27. The van der Waals surface area contributed by atoms with Crippen LogP contribution in [0.5, 0.6) is 0 Å². The molecule has 0 radical (unpaired) electrons. The van der Waals surface area contributed by atoms with E-state index in [9.17, 15) is 0 Å². The van der Waals surface area contributed by atoms with Crippen LogP contribution in [0.4, 0.5) is 0 Å². The van der Waals surface area contributed by atoms with Gasteiger partial charge in [-0.25, -0.2) is 0 Å². The van der Waals surface area contributed by atoms with Gasteiger partial charge in [0, 0.05) is 24.4 Å². The average Bonchev–Trinajstić information content (AvgIpc) is 3.35. The number of benzene rings is 1. The molecule has 0 unspecified atom stereocenters. The van der Waals surface area contributed by atoms with Gasteiger partial charge >= 0.3 is 0 Å². The van der Waals surface area contributed by atoms with Gasteiger partial charge in [-0.2, -0.15) is 0 Å². The number of hydrogen-bond acceptors (Lipinski definition) is 3. The van der Waals surface area contributed by atoms with Crippen LogP contribution in [-0.4, -0.2) is 0 Å². The van der Waals surface area contributed by atoms with Crippen molar-refractivity contribution in [3.05, 3.63) is 71.6 Å². The fourth-order valence-corrected chi connectivity index (χ4v) is 5.71. The molecule has 0 saturated heterocycles. The smallest absolute Gasteiger partial charge is 0.0449 e. The first-order valence-corrected chi connectivity index (χ1v) is 10.7. The molecule has 0 amide bonds. The minimum absolute atomic E-state index is 1.16. The predicted octanol–water partition coefficient (Wildman–Crippen LogP) is 7.82. The highest BCUT2D eigenvalue weighted by Crippen LogP contribution is 2.41. The molecule has 0 bridgehead atoms. The van der Waals surface area contributed by atoms with Crippen molar-refractivity contribution in [2.45, 2.75) is 19.8 Å². The van der Waals surface area contributed by atoms with Crippen LogP contribution in [0.2, 0.25) is 0 Å². The Bertz CT molecular complexity index is 908. The summed E-state index contributed by atoms with van der Waals surface area (Å²) in [6.07, 6.45) is 2.37. The van der Waals surface area contributed by atoms with E-state index in [0.717, 1.165) is 6.42 Å². The summed E-state index contributed by atoms with van der Waals surface area (Å²) >= 11 is 5.57. The standard InChI is InChI=1S/C21H18S3/c1-2-4-15-6-8-16(9-7-15)17-10-11-20(23-17)21-13-12-19(24-21)18-5-3-14-22-18/h3,5-14H,2,4H2,1H3. The molecule has 0 nitrogen and oxygen atoms in total. The van der Waals surface area contributed by atoms with E-state index < -0.39 is 0 Å². The van der Waals surface area contributed by atoms with Gasteiger partial charge < -0.3 is 0 Å². The van der Waals surface area contributed by atoms with Crippen molar-refractivity contribution in [1.82, 2.24) is 0 Å². The van der Waals surface area contributed by atoms with Gasteiger partial charge in [0.25, 0.3) is 0 Å². The molecule has 0 aliphatic rings. The predicted molar refractivity (Wildman–Crippen MR) is 110 cm³/mol. The Kier molecular flexibility index (Phi) is 4.65. The normalized spacial score (nSPS) is 11.0. The monoisotopic (exact) mass is 366 g/mol. The fourth-order valence-electron chi connectivity index (χ4n) is 2.77. The number of hydrogen-bond donors (Lipinski definition) is 0. The maximum atomic E-state index is 2.26. The topological polar surface area (TPSA) is 0 Å². The van der Waals surface area contributed by atoms with Crippen molar-refractivity contribution in [3.8, 4) is 29.9 Å². The van der Waals surface area contributed by atoms with E-state index in [2.05, 4.69) is 73.0 Å². The lowest BCUT2D eigenvalue weighted by Gasteiger charge is -2.01. The first kappa shape index (κ1) is 15.8. The Morgan fingerprint density at radius 2 is 1.29 bits per heavy atom. The summed E-state index contributed by atoms with van der Waals surface area (Å²) in [6.45, 7) is 2.23. The SMILES string of the molecule is CCCc1ccc(-c2ccc(-c3ccc(-c4cccs4)s3)s2)cc1. The van der Waals surface area contributed by atoms with Crippen LogP contribution in [0.25, 0.3) is 29.9 Å². The lowest BCUT2D eigenvalue weighted by Crippen LogP contribution is -1.81. The lowest BCUT2D eigenvalue weighted by atomic mass is 10.1. The summed E-state index contributed by atoms with van der Waals surface area (Å²) in [7, 11) is 0. The third-order valence-corrected chi connectivity index (χ3v) is 7.48. The molecule has 3 heterocycles. The Labute approximate surface area is 155 Å². The molecular formula is C21H18S3. The van der Waals surface area contributed by atoms with Crippen LogP contribution in [0, 0.1) is 0 Å². The first-order chi connectivity index (χ1) is 11.8. The van der Waals surface area contributed by atoms with Gasteiger partial charge in [-0.05, 0) is 53.3 Å². The zero-order valence-electron chi connectivity index (χ0n) is 13.5. The molecule has 24 heavy (non-hydrogen) atoms. The number of aryl methyl sites for hydroxylation is 1. The van der Waals surface area contributed by atoms with Crippen LogP contribution in [0.15, 0.2) is 66.0 Å². The minimum atomic E-state index is 1.16. The number of rotatable bonds is 5. The molecule has 4 rings (SSSR count). The summed E-state index contributed by atoms with van der Waals surface area (Å²) in [5, 5.41) is 2.14. The largest absolute Gasteiger partial charge is 0.143 e. The molecular weight excluding hydrogens is 348 g/mol. The Morgan fingerprint density at radius 3 is 1.92 bits per heavy atom. The van der Waals surface area contributed by atoms with Crippen molar-refractivity contribution in [3.63, 3.8) is 0 Å². The second-order valence-corrected chi connectivity index (χ2v) is 8.87. The molecule has 0 fully saturated rings. The zero-order valence-corrected chi connectivity index (χ0v) is 15.9. The van der Waals surface area contributed by atoms with Gasteiger partial charge in [-0.15, -0.1) is 34.0 Å². The van der Waals surface area contributed by atoms with Gasteiger partial charge in [0.2, 0.25) is 0 Å². The van der Waals surface area contributed by atoms with Gasteiger partial charge in [0.15, 0.2) is 0 Å². The maximum Gasteiger partial charge on any atom is 0.0449 e. The van der Waals surface area contributed by atoms with Crippen LogP contribution in [0.1, 0.15) is 18.9 Å². The van der Waals surface area contributed by atoms with Gasteiger partial charge in [0.05, 0.1) is 0 Å². The summed E-state index contributed by atoms with van der Waals surface area (Å²) < 4.78 is 0. The highest BCUT2D eigenvalue weighted by Gasteiger charge is 2.09. The van der Waals surface area contributed by atoms with Crippen molar-refractivity contribution < 1.29 is 0 Å². The molecule has 0 saturated carbocycles. The molecule has 0 aliphatic carbocycles. The Hall–Kier alpha value is -1.68. The van der Waals surface area contributed by atoms with Crippen LogP contribution in [-0.2, 0) is 6.42 Å². The quantitative estimate of drug-likeness (QED) is 0.337. The van der Waals surface area contributed by atoms with Gasteiger partial charge in [0.1, 0.15) is 0 Å². The van der Waals surface area contributed by atoms with E-state index >= 15 is 0 Å². The summed E-state index contributed by atoms with van der Waals surface area (Å²) in [5.41, 5.74) is 2.75. The first-order valence-electron chi connectivity index (χ1n) is 8.17. The second-order valence-electron chi connectivity index (χ2n) is 5.75. The molecule has 0 atom stereocenters. The third kappa shape index (κ3) is 3.25. The Balaban J connectivity index is 1.58. The van der Waals surface area contributed by atoms with E-state index in [1.165, 1.54) is 41.9 Å². The fraction of sp³-hybridized carbons (Fsp3) is 0.143. The summed E-state index contributed by atoms with van der Waals surface area (Å²) in [5.74, 6) is 0. The van der Waals surface area contributed by atoms with E-state index in [4.69, 9.17) is 0 Å². The molecule has 120 valence electrons. The average molecular weight is 367 g/mol. The van der Waals surface area contributed by atoms with E-state index in [-0.39, 0.29) is 0 Å². The maximum absolute atomic E-state index is 2.26. The van der Waals surface area contributed by atoms with Crippen LogP contribution in [0.3, 0.4) is 0 Å². The highest BCUT2D eigenvalue weighted by atomic mass is 32.1. The van der Waals surface area contributed by atoms with E-state index in [1.807, 2.05) is 22.7 Å². The van der Waals surface area contributed by atoms with Gasteiger partial charge in [-0.3, -0.25) is 0 Å². The molecule has 0 spiro atoms. The minimum Gasteiger partial charge on any atom is -0.143 e. The van der Waals surface area contributed by atoms with E-state index in [1.54, 1.807) is 11.3 Å². The molecule has 0 aliphatic heterocycles. The molecule has 0 N–H and O–H groups in total. The zero-order chi connectivity index (χ0) is 16.4. The van der Waals surface area contributed by atoms with Crippen molar-refractivity contribution in [2.24, 2.45) is 0 Å². The molecule has 1 aromatic carbocycles. The third-order valence-electron chi connectivity index (χ3n) is 4.00. The Morgan fingerprint density at radius 1 is 0.667 bits per heavy atom. The van der Waals surface area contributed by atoms with Crippen molar-refractivity contribution in [2.75, 3.05) is 0 Å².